The summed E-state index contributed by atoms with van der Waals surface area (Å²) in [4.78, 5) is 10.6. The van der Waals surface area contributed by atoms with Crippen molar-refractivity contribution in [3.05, 3.63) is 29.8 Å². The lowest BCUT2D eigenvalue weighted by Crippen LogP contribution is -2.38. The van der Waals surface area contributed by atoms with Crippen molar-refractivity contribution in [1.29, 1.82) is 0 Å². The van der Waals surface area contributed by atoms with Gasteiger partial charge in [0.15, 0.2) is 0 Å². The molecule has 0 fully saturated rings. The molecule has 3 nitrogen and oxygen atoms in total. The summed E-state index contributed by atoms with van der Waals surface area (Å²) in [6, 6.07) is 5.42. The fourth-order valence-electron chi connectivity index (χ4n) is 0.923. The van der Waals surface area contributed by atoms with E-state index in [9.17, 15) is 18.0 Å². The third kappa shape index (κ3) is 2.69. The van der Waals surface area contributed by atoms with Crippen molar-refractivity contribution >= 4 is 11.6 Å². The summed E-state index contributed by atoms with van der Waals surface area (Å²) in [5, 5.41) is 8.56. The Morgan fingerprint density at radius 3 is 2.13 bits per heavy atom. The maximum Gasteiger partial charge on any atom is 0.473 e. The molecule has 1 N–H and O–H groups in total. The number of hydrogen-bond donors (Lipinski definition) is 1. The van der Waals surface area contributed by atoms with Gasteiger partial charge in [0, 0.05) is 0 Å². The lowest BCUT2D eigenvalue weighted by molar-refractivity contribution is -0.175. The van der Waals surface area contributed by atoms with Gasteiger partial charge < -0.3 is 0 Å². The molecule has 0 aliphatic carbocycles. The zero-order valence-corrected chi connectivity index (χ0v) is 7.75. The summed E-state index contributed by atoms with van der Waals surface area (Å²) in [6.07, 6.45) is -5.08. The van der Waals surface area contributed by atoms with E-state index in [4.69, 9.17) is 5.21 Å². The number of halogens is 3. The summed E-state index contributed by atoms with van der Waals surface area (Å²) in [5.41, 5.74) is 0.592. The second-order valence-corrected chi connectivity index (χ2v) is 2.95. The molecular weight excluding hydrogens is 211 g/mol. The first-order chi connectivity index (χ1) is 6.82. The van der Waals surface area contributed by atoms with Crippen molar-refractivity contribution in [2.24, 2.45) is 0 Å². The molecule has 1 amide bonds. The number of hydroxylamine groups is 1. The quantitative estimate of drug-likeness (QED) is 0.581. The average molecular weight is 219 g/mol. The number of nitrogens with zero attached hydrogens (tertiary/aromatic N) is 1. The Kier molecular flexibility index (Phi) is 2.99. The first-order valence-electron chi connectivity index (χ1n) is 3.99. The largest absolute Gasteiger partial charge is 0.473 e. The Hall–Kier alpha value is -1.56. The van der Waals surface area contributed by atoms with Crippen LogP contribution in [0.5, 0.6) is 0 Å². The lowest BCUT2D eigenvalue weighted by atomic mass is 10.2. The molecule has 0 bridgehead atoms. The Bertz CT molecular complexity index is 359. The van der Waals surface area contributed by atoms with Crippen molar-refractivity contribution < 1.29 is 23.2 Å². The highest BCUT2D eigenvalue weighted by Gasteiger charge is 2.43. The Morgan fingerprint density at radius 2 is 1.73 bits per heavy atom. The summed E-state index contributed by atoms with van der Waals surface area (Å²) < 4.78 is 35.7. The lowest BCUT2D eigenvalue weighted by Gasteiger charge is -2.16. The van der Waals surface area contributed by atoms with Crippen LogP contribution in [0.2, 0.25) is 0 Å². The highest BCUT2D eigenvalue weighted by Crippen LogP contribution is 2.22. The zero-order valence-electron chi connectivity index (χ0n) is 7.75. The molecule has 1 aromatic rings. The first kappa shape index (κ1) is 11.5. The molecule has 0 saturated heterocycles. The molecule has 0 atom stereocenters. The highest BCUT2D eigenvalue weighted by atomic mass is 19.4. The van der Waals surface area contributed by atoms with E-state index in [1.807, 2.05) is 0 Å². The van der Waals surface area contributed by atoms with Crippen LogP contribution in [0.15, 0.2) is 24.3 Å². The third-order valence-electron chi connectivity index (χ3n) is 1.71. The van der Waals surface area contributed by atoms with Gasteiger partial charge in [-0.2, -0.15) is 18.2 Å². The molecule has 15 heavy (non-hydrogen) atoms. The number of hydrogen-bond acceptors (Lipinski definition) is 2. The third-order valence-corrected chi connectivity index (χ3v) is 1.71. The molecule has 1 rings (SSSR count). The van der Waals surface area contributed by atoms with E-state index in [1.165, 1.54) is 24.3 Å². The van der Waals surface area contributed by atoms with Crippen LogP contribution >= 0.6 is 0 Å². The molecule has 0 spiro atoms. The van der Waals surface area contributed by atoms with Crippen molar-refractivity contribution in [3.63, 3.8) is 0 Å². The number of carbonyl (C=O) groups is 1. The summed E-state index contributed by atoms with van der Waals surface area (Å²) in [7, 11) is 0. The number of amides is 1. The van der Waals surface area contributed by atoms with E-state index in [-0.39, 0.29) is 5.69 Å². The van der Waals surface area contributed by atoms with Gasteiger partial charge in [0.1, 0.15) is 0 Å². The van der Waals surface area contributed by atoms with E-state index in [1.54, 1.807) is 6.92 Å². The molecule has 6 heteroatoms. The first-order valence-corrected chi connectivity index (χ1v) is 3.99. The smallest absolute Gasteiger partial charge is 0.281 e. The van der Waals surface area contributed by atoms with Crippen LogP contribution in [0, 0.1) is 6.92 Å². The van der Waals surface area contributed by atoms with E-state index >= 15 is 0 Å². The molecule has 0 saturated carbocycles. The monoisotopic (exact) mass is 219 g/mol. The second kappa shape index (κ2) is 3.90. The fraction of sp³-hybridized carbons (Fsp3) is 0.222. The molecule has 1 aromatic carbocycles. The number of anilines is 1. The van der Waals surface area contributed by atoms with Crippen LogP contribution in [-0.2, 0) is 4.79 Å². The van der Waals surface area contributed by atoms with Gasteiger partial charge in [-0.3, -0.25) is 10.0 Å². The summed E-state index contributed by atoms with van der Waals surface area (Å²) in [6.45, 7) is 1.73. The number of alkyl halides is 3. The van der Waals surface area contributed by atoms with Crippen molar-refractivity contribution in [3.8, 4) is 0 Å². The minimum Gasteiger partial charge on any atom is -0.281 e. The van der Waals surface area contributed by atoms with Gasteiger partial charge in [-0.05, 0) is 19.1 Å². The summed E-state index contributed by atoms with van der Waals surface area (Å²) >= 11 is 0. The van der Waals surface area contributed by atoms with Crippen molar-refractivity contribution in [2.45, 2.75) is 13.1 Å². The van der Waals surface area contributed by atoms with Gasteiger partial charge in [-0.1, -0.05) is 17.7 Å². The number of aryl methyl sites for hydroxylation is 1. The molecule has 0 aliphatic heterocycles. The standard InChI is InChI=1S/C9H8F3NO2/c1-6-2-4-7(5-3-6)13(15)8(14)9(10,11)12/h2-5,15H,1H3. The van der Waals surface area contributed by atoms with Gasteiger partial charge >= 0.3 is 12.1 Å². The van der Waals surface area contributed by atoms with Crippen LogP contribution in [-0.4, -0.2) is 17.3 Å². The molecule has 0 aromatic heterocycles. The molecule has 82 valence electrons. The molecule has 0 unspecified atom stereocenters. The van der Waals surface area contributed by atoms with Crippen LogP contribution < -0.4 is 5.06 Å². The predicted molar refractivity (Wildman–Crippen MR) is 46.5 cm³/mol. The fourth-order valence-corrected chi connectivity index (χ4v) is 0.923. The maximum atomic E-state index is 11.9. The maximum absolute atomic E-state index is 11.9. The Balaban J connectivity index is 2.90. The van der Waals surface area contributed by atoms with Crippen molar-refractivity contribution in [1.82, 2.24) is 0 Å². The van der Waals surface area contributed by atoms with Crippen LogP contribution in [0.3, 0.4) is 0 Å². The predicted octanol–water partition coefficient (Wildman–Crippen LogP) is 2.28. The van der Waals surface area contributed by atoms with Gasteiger partial charge in [0.05, 0.1) is 5.69 Å². The van der Waals surface area contributed by atoms with Crippen molar-refractivity contribution in [2.75, 3.05) is 5.06 Å². The van der Waals surface area contributed by atoms with Gasteiger partial charge in [0.2, 0.25) is 0 Å². The van der Waals surface area contributed by atoms with Crippen LogP contribution in [0.4, 0.5) is 18.9 Å². The van der Waals surface area contributed by atoms with E-state index < -0.39 is 17.1 Å². The summed E-state index contributed by atoms with van der Waals surface area (Å²) in [5.74, 6) is -2.31. The van der Waals surface area contributed by atoms with Gasteiger partial charge in [-0.25, -0.2) is 0 Å². The highest BCUT2D eigenvalue weighted by molar-refractivity contribution is 5.95. The minimum absolute atomic E-state index is 0.220. The number of rotatable bonds is 1. The molecule has 0 aliphatic rings. The molecule has 0 heterocycles. The minimum atomic E-state index is -5.08. The van der Waals surface area contributed by atoms with E-state index in [0.717, 1.165) is 5.56 Å². The second-order valence-electron chi connectivity index (χ2n) is 2.95. The topological polar surface area (TPSA) is 40.5 Å². The average Bonchev–Trinajstić information content (AvgIpc) is 2.15. The number of benzene rings is 1. The zero-order chi connectivity index (χ0) is 11.6. The van der Waals surface area contributed by atoms with Gasteiger partial charge in [-0.15, -0.1) is 0 Å². The normalized spacial score (nSPS) is 11.3. The molecular formula is C9H8F3NO2. The van der Waals surface area contributed by atoms with Crippen LogP contribution in [0.1, 0.15) is 5.56 Å². The van der Waals surface area contributed by atoms with Gasteiger partial charge in [0.25, 0.3) is 0 Å². The van der Waals surface area contributed by atoms with E-state index in [0.29, 0.717) is 0 Å². The molecule has 0 radical (unpaired) electrons. The number of carbonyl (C=O) groups excluding carboxylic acids is 1. The Morgan fingerprint density at radius 1 is 1.27 bits per heavy atom. The van der Waals surface area contributed by atoms with E-state index in [2.05, 4.69) is 0 Å². The Labute approximate surface area is 83.7 Å². The van der Waals surface area contributed by atoms with Crippen LogP contribution in [0.25, 0.3) is 0 Å². The SMILES string of the molecule is Cc1ccc(N(O)C(=O)C(F)(F)F)cc1.